The lowest BCUT2D eigenvalue weighted by Crippen LogP contribution is -2.36. The van der Waals surface area contributed by atoms with Crippen LogP contribution in [-0.2, 0) is 9.59 Å². The van der Waals surface area contributed by atoms with E-state index in [1.807, 2.05) is 14.1 Å². The molecule has 1 amide bonds. The molecule has 0 bridgehead atoms. The van der Waals surface area contributed by atoms with Crippen LogP contribution in [0.5, 0.6) is 0 Å². The maximum atomic E-state index is 11.1. The van der Waals surface area contributed by atoms with Crippen LogP contribution in [0, 0.1) is 0 Å². The Labute approximate surface area is 90.9 Å². The number of rotatable bonds is 6. The first-order valence-corrected chi connectivity index (χ1v) is 4.87. The molecule has 15 heavy (non-hydrogen) atoms. The van der Waals surface area contributed by atoms with Crippen molar-refractivity contribution < 1.29 is 14.1 Å². The highest BCUT2D eigenvalue weighted by atomic mass is 16.1. The minimum absolute atomic E-state index is 0.119. The SMILES string of the molecule is C=C(C)C(=O)NCCC[N+](C)(C)C=C=O. The lowest BCUT2D eigenvalue weighted by atomic mass is 10.3. The third-order valence-electron chi connectivity index (χ3n) is 1.99. The fourth-order valence-corrected chi connectivity index (χ4v) is 1.05. The molecule has 0 saturated heterocycles. The van der Waals surface area contributed by atoms with Gasteiger partial charge in [-0.15, -0.1) is 0 Å². The van der Waals surface area contributed by atoms with Gasteiger partial charge in [0.25, 0.3) is 0 Å². The summed E-state index contributed by atoms with van der Waals surface area (Å²) in [6.07, 6.45) is 2.27. The van der Waals surface area contributed by atoms with Crippen molar-refractivity contribution >= 4 is 11.8 Å². The van der Waals surface area contributed by atoms with E-state index in [9.17, 15) is 9.59 Å². The maximum absolute atomic E-state index is 11.1. The van der Waals surface area contributed by atoms with Gasteiger partial charge >= 0.3 is 0 Å². The lowest BCUT2D eigenvalue weighted by Gasteiger charge is -2.22. The zero-order valence-corrected chi connectivity index (χ0v) is 9.67. The van der Waals surface area contributed by atoms with Gasteiger partial charge in [0.05, 0.1) is 20.6 Å². The van der Waals surface area contributed by atoms with Crippen molar-refractivity contribution in [3.8, 4) is 0 Å². The molecular formula is C11H19N2O2+. The Morgan fingerprint density at radius 1 is 1.53 bits per heavy atom. The van der Waals surface area contributed by atoms with Gasteiger partial charge in [-0.05, 0) is 6.92 Å². The van der Waals surface area contributed by atoms with E-state index in [1.165, 1.54) is 6.20 Å². The molecule has 4 nitrogen and oxygen atoms in total. The van der Waals surface area contributed by atoms with Gasteiger partial charge in [-0.1, -0.05) is 6.58 Å². The summed E-state index contributed by atoms with van der Waals surface area (Å²) in [6, 6.07) is 0. The summed E-state index contributed by atoms with van der Waals surface area (Å²) in [5.41, 5.74) is 0.511. The minimum Gasteiger partial charge on any atom is -0.352 e. The average molecular weight is 211 g/mol. The van der Waals surface area contributed by atoms with Crippen LogP contribution >= 0.6 is 0 Å². The predicted molar refractivity (Wildman–Crippen MR) is 59.7 cm³/mol. The molecule has 0 aliphatic heterocycles. The summed E-state index contributed by atoms with van der Waals surface area (Å²) in [6.45, 7) is 6.59. The maximum Gasteiger partial charge on any atom is 0.246 e. The number of nitrogens with zero attached hydrogens (tertiary/aromatic N) is 1. The second kappa shape index (κ2) is 6.17. The summed E-state index contributed by atoms with van der Waals surface area (Å²) in [4.78, 5) is 21.3. The summed E-state index contributed by atoms with van der Waals surface area (Å²) in [5, 5.41) is 2.74. The van der Waals surface area contributed by atoms with Crippen LogP contribution < -0.4 is 5.32 Å². The number of nitrogens with one attached hydrogen (secondary N) is 1. The van der Waals surface area contributed by atoms with Crippen molar-refractivity contribution in [2.24, 2.45) is 0 Å². The Morgan fingerprint density at radius 2 is 2.13 bits per heavy atom. The van der Waals surface area contributed by atoms with Crippen LogP contribution in [0.2, 0.25) is 0 Å². The second-order valence-corrected chi connectivity index (χ2v) is 4.14. The molecular weight excluding hydrogens is 192 g/mol. The molecule has 0 unspecified atom stereocenters. The number of hydrogen-bond donors (Lipinski definition) is 1. The van der Waals surface area contributed by atoms with Crippen LogP contribution in [0.15, 0.2) is 18.4 Å². The average Bonchev–Trinajstić information content (AvgIpc) is 2.11. The molecule has 0 rings (SSSR count). The van der Waals surface area contributed by atoms with E-state index in [-0.39, 0.29) is 5.91 Å². The molecule has 0 heterocycles. The molecule has 0 aromatic carbocycles. The molecule has 0 aliphatic carbocycles. The molecule has 1 N–H and O–H groups in total. The van der Waals surface area contributed by atoms with Gasteiger partial charge in [-0.25, -0.2) is 4.79 Å². The molecule has 84 valence electrons. The van der Waals surface area contributed by atoms with E-state index in [0.29, 0.717) is 16.6 Å². The highest BCUT2D eigenvalue weighted by Crippen LogP contribution is 1.98. The summed E-state index contributed by atoms with van der Waals surface area (Å²) in [7, 11) is 3.82. The Morgan fingerprint density at radius 3 is 2.60 bits per heavy atom. The number of carbonyl (C=O) groups is 1. The normalized spacial score (nSPS) is 10.3. The van der Waals surface area contributed by atoms with Gasteiger partial charge in [0, 0.05) is 18.5 Å². The molecule has 4 heteroatoms. The number of amides is 1. The zero-order chi connectivity index (χ0) is 11.9. The van der Waals surface area contributed by atoms with Crippen LogP contribution in [-0.4, -0.2) is 43.5 Å². The third kappa shape index (κ3) is 6.66. The first kappa shape index (κ1) is 13.6. The van der Waals surface area contributed by atoms with E-state index < -0.39 is 0 Å². The molecule has 0 spiro atoms. The summed E-state index contributed by atoms with van der Waals surface area (Å²) >= 11 is 0. The van der Waals surface area contributed by atoms with Crippen molar-refractivity contribution in [3.05, 3.63) is 18.4 Å². The quantitative estimate of drug-likeness (QED) is 0.301. The largest absolute Gasteiger partial charge is 0.352 e. The molecule has 0 aromatic heterocycles. The fraction of sp³-hybridized carbons (Fsp3) is 0.545. The van der Waals surface area contributed by atoms with Crippen LogP contribution in [0.3, 0.4) is 0 Å². The van der Waals surface area contributed by atoms with Crippen molar-refractivity contribution in [3.63, 3.8) is 0 Å². The highest BCUT2D eigenvalue weighted by Gasteiger charge is 2.11. The molecule has 0 atom stereocenters. The Bertz CT molecular complexity index is 289. The monoisotopic (exact) mass is 211 g/mol. The van der Waals surface area contributed by atoms with E-state index >= 15 is 0 Å². The van der Waals surface area contributed by atoms with Gasteiger partial charge < -0.3 is 5.32 Å². The van der Waals surface area contributed by atoms with Gasteiger partial charge in [0.15, 0.2) is 12.1 Å². The zero-order valence-electron chi connectivity index (χ0n) is 9.67. The van der Waals surface area contributed by atoms with Crippen molar-refractivity contribution in [1.82, 2.24) is 5.32 Å². The fourth-order valence-electron chi connectivity index (χ4n) is 1.05. The van der Waals surface area contributed by atoms with E-state index in [1.54, 1.807) is 12.9 Å². The third-order valence-corrected chi connectivity index (χ3v) is 1.99. The second-order valence-electron chi connectivity index (χ2n) is 4.14. The molecule has 0 aliphatic rings. The molecule has 0 saturated carbocycles. The predicted octanol–water partition coefficient (Wildman–Crippen LogP) is 0.490. The van der Waals surface area contributed by atoms with Crippen LogP contribution in [0.25, 0.3) is 0 Å². The Hall–Kier alpha value is -1.38. The standard InChI is InChI=1S/C11H18N2O2/c1-10(2)11(15)12-6-5-7-13(3,4)8-9-14/h8H,1,5-7H2,2-4H3/p+1. The highest BCUT2D eigenvalue weighted by molar-refractivity contribution is 5.91. The van der Waals surface area contributed by atoms with Gasteiger partial charge in [0.2, 0.25) is 5.91 Å². The Kier molecular flexibility index (Phi) is 5.60. The molecule has 0 fully saturated rings. The lowest BCUT2D eigenvalue weighted by molar-refractivity contribution is -0.837. The summed E-state index contributed by atoms with van der Waals surface area (Å²) in [5.74, 6) is 1.65. The van der Waals surface area contributed by atoms with Gasteiger partial charge in [-0.2, -0.15) is 0 Å². The summed E-state index contributed by atoms with van der Waals surface area (Å²) < 4.78 is 0.479. The first-order chi connectivity index (χ1) is 6.89. The van der Waals surface area contributed by atoms with Gasteiger partial charge in [-0.3, -0.25) is 9.28 Å². The molecule has 0 aromatic rings. The topological polar surface area (TPSA) is 46.2 Å². The Balaban J connectivity index is 3.76. The van der Waals surface area contributed by atoms with E-state index in [0.717, 1.165) is 13.0 Å². The number of carbonyl (C=O) groups excluding carboxylic acids is 2. The smallest absolute Gasteiger partial charge is 0.246 e. The van der Waals surface area contributed by atoms with Crippen LogP contribution in [0.1, 0.15) is 13.3 Å². The first-order valence-electron chi connectivity index (χ1n) is 4.87. The van der Waals surface area contributed by atoms with E-state index in [2.05, 4.69) is 11.9 Å². The van der Waals surface area contributed by atoms with Gasteiger partial charge in [0.1, 0.15) is 0 Å². The van der Waals surface area contributed by atoms with E-state index in [4.69, 9.17) is 0 Å². The molecule has 0 radical (unpaired) electrons. The minimum atomic E-state index is -0.119. The van der Waals surface area contributed by atoms with Crippen LogP contribution in [0.4, 0.5) is 0 Å². The number of hydrogen-bond acceptors (Lipinski definition) is 2. The van der Waals surface area contributed by atoms with Crippen molar-refractivity contribution in [1.29, 1.82) is 0 Å². The number of quaternary nitrogens is 1. The van der Waals surface area contributed by atoms with Crippen molar-refractivity contribution in [2.75, 3.05) is 27.2 Å². The van der Waals surface area contributed by atoms with Crippen molar-refractivity contribution in [2.45, 2.75) is 13.3 Å².